The van der Waals surface area contributed by atoms with Crippen LogP contribution >= 0.6 is 23.2 Å². The topological polar surface area (TPSA) is 15.6 Å². The summed E-state index contributed by atoms with van der Waals surface area (Å²) in [6.45, 7) is 2.07. The fourth-order valence-electron chi connectivity index (χ4n) is 2.54. The van der Waals surface area contributed by atoms with Gasteiger partial charge < -0.3 is 0 Å². The van der Waals surface area contributed by atoms with Crippen LogP contribution in [0.15, 0.2) is 47.6 Å². The van der Waals surface area contributed by atoms with Crippen LogP contribution < -0.4 is 5.01 Å². The Kier molecular flexibility index (Phi) is 3.87. The highest BCUT2D eigenvalue weighted by atomic mass is 35.5. The molecule has 0 aromatic heterocycles. The number of halogens is 3. The molecule has 2 nitrogen and oxygen atoms in total. The van der Waals surface area contributed by atoms with Crippen molar-refractivity contribution in [2.45, 2.75) is 13.0 Å². The van der Waals surface area contributed by atoms with Gasteiger partial charge in [0.05, 0.1) is 16.8 Å². The van der Waals surface area contributed by atoms with E-state index in [2.05, 4.69) is 12.0 Å². The van der Waals surface area contributed by atoms with Gasteiger partial charge in [-0.15, -0.1) is 0 Å². The molecule has 0 spiro atoms. The zero-order valence-corrected chi connectivity index (χ0v) is 12.8. The van der Waals surface area contributed by atoms with Crippen molar-refractivity contribution in [3.8, 4) is 0 Å². The minimum atomic E-state index is -0.249. The van der Waals surface area contributed by atoms with Crippen LogP contribution in [0.3, 0.4) is 0 Å². The number of rotatable bonds is 2. The highest BCUT2D eigenvalue weighted by Crippen LogP contribution is 2.40. The van der Waals surface area contributed by atoms with Crippen LogP contribution in [0.4, 0.5) is 10.1 Å². The molecule has 2 aromatic carbocycles. The lowest BCUT2D eigenvalue weighted by molar-refractivity contribution is 0.586. The highest BCUT2D eigenvalue weighted by molar-refractivity contribution is 6.36. The Balaban J connectivity index is 2.00. The lowest BCUT2D eigenvalue weighted by Crippen LogP contribution is -2.23. The Bertz CT molecular complexity index is 685. The van der Waals surface area contributed by atoms with Crippen LogP contribution in [0.5, 0.6) is 0 Å². The first-order valence-electron chi connectivity index (χ1n) is 6.60. The van der Waals surface area contributed by atoms with Crippen molar-refractivity contribution >= 4 is 35.1 Å². The lowest BCUT2D eigenvalue weighted by atomic mass is 9.95. The first kappa shape index (κ1) is 14.4. The van der Waals surface area contributed by atoms with Crippen LogP contribution in [0.25, 0.3) is 0 Å². The number of nitrogens with zero attached hydrogens (tertiary/aromatic N) is 2. The summed E-state index contributed by atoms with van der Waals surface area (Å²) < 4.78 is 13.1. The third-order valence-corrected chi connectivity index (χ3v) is 4.09. The van der Waals surface area contributed by atoms with Crippen molar-refractivity contribution in [2.75, 3.05) is 5.01 Å². The molecule has 0 saturated carbocycles. The molecule has 1 aliphatic rings. The third-order valence-electron chi connectivity index (χ3n) is 3.56. The van der Waals surface area contributed by atoms with E-state index in [9.17, 15) is 4.39 Å². The van der Waals surface area contributed by atoms with E-state index in [0.717, 1.165) is 11.3 Å². The molecule has 0 amide bonds. The molecule has 0 saturated heterocycles. The number of hydrogen-bond donors (Lipinski definition) is 0. The Morgan fingerprint density at radius 2 is 1.81 bits per heavy atom. The van der Waals surface area contributed by atoms with Gasteiger partial charge in [-0.05, 0) is 35.9 Å². The second-order valence-corrected chi connectivity index (χ2v) is 5.90. The summed E-state index contributed by atoms with van der Waals surface area (Å²) in [5.74, 6) is -0.0522. The van der Waals surface area contributed by atoms with Gasteiger partial charge in [0.2, 0.25) is 0 Å². The zero-order chi connectivity index (χ0) is 15.0. The van der Waals surface area contributed by atoms with Crippen LogP contribution in [-0.4, -0.2) is 6.21 Å². The maximum atomic E-state index is 13.1. The maximum Gasteiger partial charge on any atom is 0.123 e. The van der Waals surface area contributed by atoms with E-state index in [0.29, 0.717) is 10.0 Å². The molecular weight excluding hydrogens is 310 g/mol. The second-order valence-electron chi connectivity index (χ2n) is 5.06. The molecule has 21 heavy (non-hydrogen) atoms. The highest BCUT2D eigenvalue weighted by Gasteiger charge is 2.31. The molecule has 0 aliphatic carbocycles. The molecule has 0 N–H and O–H groups in total. The van der Waals surface area contributed by atoms with Gasteiger partial charge in [0.25, 0.3) is 0 Å². The van der Waals surface area contributed by atoms with E-state index in [-0.39, 0.29) is 17.8 Å². The van der Waals surface area contributed by atoms with Crippen LogP contribution in [-0.2, 0) is 0 Å². The SMILES string of the molecule is C[C@@H]1C=NN(c2ccc(Cl)cc2Cl)[C@H]1c1ccc(F)cc1. The first-order valence-corrected chi connectivity index (χ1v) is 7.35. The summed E-state index contributed by atoms with van der Waals surface area (Å²) >= 11 is 12.2. The monoisotopic (exact) mass is 322 g/mol. The average Bonchev–Trinajstić information content (AvgIpc) is 2.82. The molecule has 2 aromatic rings. The molecule has 2 atom stereocenters. The van der Waals surface area contributed by atoms with Crippen molar-refractivity contribution in [2.24, 2.45) is 11.0 Å². The Labute approximate surface area is 132 Å². The first-order chi connectivity index (χ1) is 10.1. The quantitative estimate of drug-likeness (QED) is 0.731. The lowest BCUT2D eigenvalue weighted by Gasteiger charge is -2.27. The predicted octanol–water partition coefficient (Wildman–Crippen LogP) is 5.32. The molecule has 108 valence electrons. The minimum absolute atomic E-state index is 0.00993. The van der Waals surface area contributed by atoms with Gasteiger partial charge >= 0.3 is 0 Å². The fraction of sp³-hybridized carbons (Fsp3) is 0.188. The van der Waals surface area contributed by atoms with Gasteiger partial charge in [-0.3, -0.25) is 5.01 Å². The number of hydrogen-bond acceptors (Lipinski definition) is 2. The smallest absolute Gasteiger partial charge is 0.123 e. The summed E-state index contributed by atoms with van der Waals surface area (Å²) in [5.41, 5.74) is 1.78. The largest absolute Gasteiger partial charge is 0.256 e. The van der Waals surface area contributed by atoms with Gasteiger partial charge in [0, 0.05) is 17.2 Å². The molecule has 0 radical (unpaired) electrons. The molecule has 0 bridgehead atoms. The van der Waals surface area contributed by atoms with Crippen molar-refractivity contribution < 1.29 is 4.39 Å². The van der Waals surface area contributed by atoms with Gasteiger partial charge in [-0.25, -0.2) is 4.39 Å². The summed E-state index contributed by atoms with van der Waals surface area (Å²) in [5, 5.41) is 7.43. The molecule has 5 heteroatoms. The van der Waals surface area contributed by atoms with E-state index in [1.54, 1.807) is 24.3 Å². The number of hydrazone groups is 1. The maximum absolute atomic E-state index is 13.1. The average molecular weight is 323 g/mol. The summed E-state index contributed by atoms with van der Waals surface area (Å²) in [6, 6.07) is 11.8. The molecule has 0 unspecified atom stereocenters. The van der Waals surface area contributed by atoms with Crippen molar-refractivity contribution in [1.29, 1.82) is 0 Å². The fourth-order valence-corrected chi connectivity index (χ4v) is 3.03. The van der Waals surface area contributed by atoms with Gasteiger partial charge in [0.15, 0.2) is 0 Å². The minimum Gasteiger partial charge on any atom is -0.256 e. The molecule has 3 rings (SSSR count). The summed E-state index contributed by atoms with van der Waals surface area (Å²) in [7, 11) is 0. The number of benzene rings is 2. The van der Waals surface area contributed by atoms with Crippen molar-refractivity contribution in [3.63, 3.8) is 0 Å². The molecule has 1 aliphatic heterocycles. The molecular formula is C16H13Cl2FN2. The summed E-state index contributed by atoms with van der Waals surface area (Å²) in [4.78, 5) is 0. The van der Waals surface area contributed by atoms with Crippen LogP contribution in [0.1, 0.15) is 18.5 Å². The summed E-state index contributed by atoms with van der Waals surface area (Å²) in [6.07, 6.45) is 1.87. The second kappa shape index (κ2) is 5.66. The van der Waals surface area contributed by atoms with Gasteiger partial charge in [0.1, 0.15) is 5.82 Å². The van der Waals surface area contributed by atoms with E-state index in [4.69, 9.17) is 23.2 Å². The number of anilines is 1. The van der Waals surface area contributed by atoms with Gasteiger partial charge in [-0.1, -0.05) is 42.3 Å². The van der Waals surface area contributed by atoms with Crippen LogP contribution in [0.2, 0.25) is 10.0 Å². The van der Waals surface area contributed by atoms with Crippen LogP contribution in [0, 0.1) is 11.7 Å². The third kappa shape index (κ3) is 2.76. The molecule has 0 fully saturated rings. The van der Waals surface area contributed by atoms with Crippen molar-refractivity contribution in [1.82, 2.24) is 0 Å². The Hall–Kier alpha value is -1.58. The zero-order valence-electron chi connectivity index (χ0n) is 11.3. The van der Waals surface area contributed by atoms with Gasteiger partial charge in [-0.2, -0.15) is 5.10 Å². The van der Waals surface area contributed by atoms with Crippen molar-refractivity contribution in [3.05, 3.63) is 63.9 Å². The Morgan fingerprint density at radius 3 is 2.48 bits per heavy atom. The Morgan fingerprint density at radius 1 is 1.10 bits per heavy atom. The standard InChI is InChI=1S/C16H13Cl2FN2/c1-10-9-20-21(15-7-4-12(17)8-14(15)18)16(10)11-2-5-13(19)6-3-11/h2-10,16H,1H3/t10-,16-/m1/s1. The van der Waals surface area contributed by atoms with E-state index < -0.39 is 0 Å². The van der Waals surface area contributed by atoms with E-state index in [1.165, 1.54) is 12.1 Å². The van der Waals surface area contributed by atoms with E-state index in [1.807, 2.05) is 17.3 Å². The normalized spacial score (nSPS) is 21.0. The predicted molar refractivity (Wildman–Crippen MR) is 85.7 cm³/mol. The molecule has 1 heterocycles. The van der Waals surface area contributed by atoms with E-state index >= 15 is 0 Å².